The van der Waals surface area contributed by atoms with Crippen LogP contribution in [0.2, 0.25) is 0 Å². The minimum absolute atomic E-state index is 0.0515. The second-order valence-electron chi connectivity index (χ2n) is 6.38. The molecule has 1 saturated heterocycles. The molecule has 0 bridgehead atoms. The van der Waals surface area contributed by atoms with Gasteiger partial charge in [0.15, 0.2) is 6.29 Å². The van der Waals surface area contributed by atoms with Gasteiger partial charge in [-0.3, -0.25) is 0 Å². The van der Waals surface area contributed by atoms with E-state index >= 15 is 0 Å². The van der Waals surface area contributed by atoms with Crippen molar-refractivity contribution in [2.75, 3.05) is 12.5 Å². The first-order chi connectivity index (χ1) is 9.60. The van der Waals surface area contributed by atoms with Crippen molar-refractivity contribution in [3.05, 3.63) is 23.3 Å². The lowest BCUT2D eigenvalue weighted by Gasteiger charge is -2.32. The van der Waals surface area contributed by atoms with Gasteiger partial charge in [-0.1, -0.05) is 30.2 Å². The molecule has 0 aromatic rings. The van der Waals surface area contributed by atoms with Crippen LogP contribution in [0.3, 0.4) is 0 Å². The molecule has 0 N–H and O–H groups in total. The van der Waals surface area contributed by atoms with Crippen molar-refractivity contribution in [2.45, 2.75) is 58.8 Å². The maximum atomic E-state index is 5.88. The summed E-state index contributed by atoms with van der Waals surface area (Å²) in [6, 6.07) is 0. The number of hydrogen-bond acceptors (Lipinski definition) is 2. The van der Waals surface area contributed by atoms with E-state index < -0.39 is 0 Å². The van der Waals surface area contributed by atoms with E-state index in [1.807, 2.05) is 0 Å². The fourth-order valence-electron chi connectivity index (χ4n) is 3.09. The standard InChI is InChI=1S/C17H27ClO2/c1-12(2)5-4-6-14-7-8-16(13(3)9-14)17-19-11-15(10-18)20-17/h5,7,13,15-17H,4,6,8-11H2,1-3H3/t13-,15-,16-,17+/m0/s1. The van der Waals surface area contributed by atoms with Gasteiger partial charge in [-0.15, -0.1) is 11.6 Å². The van der Waals surface area contributed by atoms with Gasteiger partial charge >= 0.3 is 0 Å². The van der Waals surface area contributed by atoms with Gasteiger partial charge in [0.2, 0.25) is 0 Å². The number of rotatable bonds is 5. The molecule has 0 radical (unpaired) electrons. The summed E-state index contributed by atoms with van der Waals surface area (Å²) in [6.07, 6.45) is 9.37. The van der Waals surface area contributed by atoms with E-state index in [2.05, 4.69) is 32.9 Å². The molecule has 0 unspecified atom stereocenters. The van der Waals surface area contributed by atoms with Gasteiger partial charge in [-0.2, -0.15) is 0 Å². The van der Waals surface area contributed by atoms with Crippen LogP contribution in [0.5, 0.6) is 0 Å². The van der Waals surface area contributed by atoms with Crippen molar-refractivity contribution < 1.29 is 9.47 Å². The Bertz CT molecular complexity index is 371. The minimum Gasteiger partial charge on any atom is -0.350 e. The van der Waals surface area contributed by atoms with Gasteiger partial charge in [0, 0.05) is 5.92 Å². The van der Waals surface area contributed by atoms with Crippen molar-refractivity contribution in [1.82, 2.24) is 0 Å². The van der Waals surface area contributed by atoms with Gasteiger partial charge in [0.05, 0.1) is 18.6 Å². The molecule has 0 aromatic carbocycles. The van der Waals surface area contributed by atoms with Crippen molar-refractivity contribution in [3.8, 4) is 0 Å². The molecule has 1 heterocycles. The first-order valence-corrected chi connectivity index (χ1v) is 8.28. The molecule has 0 spiro atoms. The fraction of sp³-hybridized carbons (Fsp3) is 0.765. The molecule has 4 atom stereocenters. The maximum absolute atomic E-state index is 5.88. The number of hydrogen-bond donors (Lipinski definition) is 0. The molecule has 1 aliphatic carbocycles. The molecule has 1 fully saturated rings. The highest BCUT2D eigenvalue weighted by atomic mass is 35.5. The molecule has 2 nitrogen and oxygen atoms in total. The molecular formula is C17H27ClO2. The summed E-state index contributed by atoms with van der Waals surface area (Å²) in [7, 11) is 0. The predicted molar refractivity (Wildman–Crippen MR) is 84.0 cm³/mol. The van der Waals surface area contributed by atoms with Crippen LogP contribution in [-0.2, 0) is 9.47 Å². The largest absolute Gasteiger partial charge is 0.350 e. The zero-order chi connectivity index (χ0) is 14.5. The van der Waals surface area contributed by atoms with Crippen LogP contribution in [0, 0.1) is 11.8 Å². The highest BCUT2D eigenvalue weighted by Crippen LogP contribution is 2.37. The van der Waals surface area contributed by atoms with Crippen LogP contribution in [-0.4, -0.2) is 24.9 Å². The minimum atomic E-state index is -0.0515. The number of ether oxygens (including phenoxy) is 2. The third-order valence-electron chi connectivity index (χ3n) is 4.31. The van der Waals surface area contributed by atoms with E-state index in [9.17, 15) is 0 Å². The SMILES string of the molecule is CC(C)=CCCC1=CC[C@H]([C@@H]2OC[C@H](CCl)O2)[C@@H](C)C1. The quantitative estimate of drug-likeness (QED) is 0.542. The average molecular weight is 299 g/mol. The molecule has 2 aliphatic rings. The Morgan fingerprint density at radius 1 is 1.45 bits per heavy atom. The average Bonchev–Trinajstić information content (AvgIpc) is 2.87. The van der Waals surface area contributed by atoms with Crippen molar-refractivity contribution in [1.29, 1.82) is 0 Å². The Kier molecular flexibility index (Phi) is 6.13. The molecule has 0 saturated carbocycles. The Morgan fingerprint density at radius 2 is 2.25 bits per heavy atom. The molecule has 0 aromatic heterocycles. The number of halogens is 1. The Hall–Kier alpha value is -0.310. The van der Waals surface area contributed by atoms with Crippen LogP contribution >= 0.6 is 11.6 Å². The van der Waals surface area contributed by atoms with Crippen molar-refractivity contribution >= 4 is 11.6 Å². The summed E-state index contributed by atoms with van der Waals surface area (Å²) < 4.78 is 11.6. The smallest absolute Gasteiger partial charge is 0.161 e. The summed E-state index contributed by atoms with van der Waals surface area (Å²) >= 11 is 5.83. The van der Waals surface area contributed by atoms with Crippen LogP contribution in [0.15, 0.2) is 23.3 Å². The van der Waals surface area contributed by atoms with Crippen LogP contribution in [0.4, 0.5) is 0 Å². The molecule has 0 amide bonds. The van der Waals surface area contributed by atoms with Gasteiger partial charge < -0.3 is 9.47 Å². The van der Waals surface area contributed by atoms with E-state index in [0.29, 0.717) is 24.3 Å². The number of alkyl halides is 1. The van der Waals surface area contributed by atoms with E-state index in [0.717, 1.165) is 12.8 Å². The fourth-order valence-corrected chi connectivity index (χ4v) is 3.25. The third kappa shape index (κ3) is 4.34. The van der Waals surface area contributed by atoms with Crippen molar-refractivity contribution in [3.63, 3.8) is 0 Å². The lowest BCUT2D eigenvalue weighted by Crippen LogP contribution is -2.30. The van der Waals surface area contributed by atoms with Crippen LogP contribution in [0.1, 0.15) is 46.5 Å². The topological polar surface area (TPSA) is 18.5 Å². The molecule has 20 heavy (non-hydrogen) atoms. The molecule has 2 rings (SSSR count). The normalized spacial score (nSPS) is 33.9. The van der Waals surface area contributed by atoms with E-state index in [1.54, 1.807) is 5.57 Å². The number of allylic oxidation sites excluding steroid dienone is 4. The Morgan fingerprint density at radius 3 is 2.85 bits per heavy atom. The van der Waals surface area contributed by atoms with E-state index in [1.165, 1.54) is 18.4 Å². The summed E-state index contributed by atoms with van der Waals surface area (Å²) in [6.45, 7) is 7.29. The van der Waals surface area contributed by atoms with Gasteiger partial charge in [0.1, 0.15) is 0 Å². The Labute approximate surface area is 128 Å². The van der Waals surface area contributed by atoms with E-state index in [-0.39, 0.29) is 12.4 Å². The zero-order valence-electron chi connectivity index (χ0n) is 12.9. The molecule has 1 aliphatic heterocycles. The second-order valence-corrected chi connectivity index (χ2v) is 6.69. The monoisotopic (exact) mass is 298 g/mol. The lowest BCUT2D eigenvalue weighted by atomic mass is 9.79. The summed E-state index contributed by atoms with van der Waals surface area (Å²) in [5.74, 6) is 1.64. The highest BCUT2D eigenvalue weighted by molar-refractivity contribution is 6.18. The van der Waals surface area contributed by atoms with Gasteiger partial charge in [-0.25, -0.2) is 0 Å². The molecule has 114 valence electrons. The van der Waals surface area contributed by atoms with Gasteiger partial charge in [0.25, 0.3) is 0 Å². The molecule has 3 heteroatoms. The van der Waals surface area contributed by atoms with E-state index in [4.69, 9.17) is 21.1 Å². The van der Waals surface area contributed by atoms with Gasteiger partial charge in [-0.05, 0) is 45.4 Å². The van der Waals surface area contributed by atoms with Crippen molar-refractivity contribution in [2.24, 2.45) is 11.8 Å². The van der Waals surface area contributed by atoms with Crippen LogP contribution in [0.25, 0.3) is 0 Å². The summed E-state index contributed by atoms with van der Waals surface area (Å²) in [5.41, 5.74) is 3.00. The first-order valence-electron chi connectivity index (χ1n) is 7.74. The Balaban J connectivity index is 1.84. The zero-order valence-corrected chi connectivity index (χ0v) is 13.7. The highest BCUT2D eigenvalue weighted by Gasteiger charge is 2.36. The summed E-state index contributed by atoms with van der Waals surface area (Å²) in [4.78, 5) is 0. The lowest BCUT2D eigenvalue weighted by molar-refractivity contribution is -0.108. The first kappa shape index (κ1) is 16.1. The second kappa shape index (κ2) is 7.63. The van der Waals surface area contributed by atoms with Crippen LogP contribution < -0.4 is 0 Å². The predicted octanol–water partition coefficient (Wildman–Crippen LogP) is 4.69. The molecular weight excluding hydrogens is 272 g/mol. The summed E-state index contributed by atoms with van der Waals surface area (Å²) in [5, 5.41) is 0. The third-order valence-corrected chi connectivity index (χ3v) is 4.65. The maximum Gasteiger partial charge on any atom is 0.161 e.